The third kappa shape index (κ3) is 13.6. The van der Waals surface area contributed by atoms with Crippen molar-refractivity contribution in [3.8, 4) is 0 Å². The first-order chi connectivity index (χ1) is 12.5. The van der Waals surface area contributed by atoms with Gasteiger partial charge < -0.3 is 14.9 Å². The molecule has 0 radical (unpaired) electrons. The summed E-state index contributed by atoms with van der Waals surface area (Å²) < 4.78 is 5.23. The Hall–Kier alpha value is -0.610. The standard InChI is InChI=1S/C22H44O4/c1-4-22(17-23,18-24)19-26-21(25)16-14-12-10-8-6-5-7-9-11-13-15-20(2)3/h20,23-24H,4-19H2,1-3H3. The number of aliphatic hydroxyl groups excluding tert-OH is 2. The first-order valence-electron chi connectivity index (χ1n) is 10.9. The minimum atomic E-state index is -0.690. The highest BCUT2D eigenvalue weighted by Gasteiger charge is 2.28. The molecule has 0 rings (SSSR count). The lowest BCUT2D eigenvalue weighted by Crippen LogP contribution is -2.35. The van der Waals surface area contributed by atoms with Gasteiger partial charge in [0.1, 0.15) is 6.61 Å². The lowest BCUT2D eigenvalue weighted by molar-refractivity contribution is -0.149. The van der Waals surface area contributed by atoms with E-state index in [0.29, 0.717) is 12.8 Å². The van der Waals surface area contributed by atoms with Crippen LogP contribution in [-0.2, 0) is 9.53 Å². The molecular formula is C22H44O4. The Morgan fingerprint density at radius 2 is 1.31 bits per heavy atom. The molecule has 0 aromatic rings. The summed E-state index contributed by atoms with van der Waals surface area (Å²) in [5, 5.41) is 18.7. The largest absolute Gasteiger partial charge is 0.465 e. The molecule has 156 valence electrons. The van der Waals surface area contributed by atoms with E-state index in [2.05, 4.69) is 13.8 Å². The molecule has 0 aliphatic heterocycles. The second-order valence-corrected chi connectivity index (χ2v) is 8.30. The number of aliphatic hydroxyl groups is 2. The fourth-order valence-electron chi connectivity index (χ4n) is 3.01. The summed E-state index contributed by atoms with van der Waals surface area (Å²) >= 11 is 0. The number of hydrogen-bond acceptors (Lipinski definition) is 4. The van der Waals surface area contributed by atoms with Crippen LogP contribution in [0.4, 0.5) is 0 Å². The topological polar surface area (TPSA) is 66.8 Å². The zero-order valence-corrected chi connectivity index (χ0v) is 17.6. The van der Waals surface area contributed by atoms with E-state index in [1.54, 1.807) is 0 Å². The summed E-state index contributed by atoms with van der Waals surface area (Å²) in [7, 11) is 0. The molecule has 0 saturated heterocycles. The molecule has 0 spiro atoms. The number of hydrogen-bond donors (Lipinski definition) is 2. The number of carbonyl (C=O) groups is 1. The Balaban J connectivity index is 3.43. The predicted octanol–water partition coefficient (Wildman–Crippen LogP) is 5.25. The van der Waals surface area contributed by atoms with Gasteiger partial charge in [0.2, 0.25) is 0 Å². The molecule has 0 bridgehead atoms. The van der Waals surface area contributed by atoms with Gasteiger partial charge in [0.15, 0.2) is 0 Å². The molecule has 0 aromatic heterocycles. The van der Waals surface area contributed by atoms with Crippen LogP contribution in [0.1, 0.15) is 104 Å². The Kier molecular flexibility index (Phi) is 16.2. The van der Waals surface area contributed by atoms with Gasteiger partial charge in [-0.1, -0.05) is 85.0 Å². The molecule has 0 unspecified atom stereocenters. The SMILES string of the molecule is CCC(CO)(CO)COC(=O)CCCCCCCCCCCCC(C)C. The van der Waals surface area contributed by atoms with Crippen molar-refractivity contribution in [1.29, 1.82) is 0 Å². The molecule has 2 N–H and O–H groups in total. The Morgan fingerprint density at radius 1 is 0.846 bits per heavy atom. The van der Waals surface area contributed by atoms with E-state index in [4.69, 9.17) is 4.74 Å². The van der Waals surface area contributed by atoms with Crippen LogP contribution < -0.4 is 0 Å². The second kappa shape index (κ2) is 16.6. The zero-order valence-electron chi connectivity index (χ0n) is 17.6. The average molecular weight is 373 g/mol. The van der Waals surface area contributed by atoms with Gasteiger partial charge in [0.25, 0.3) is 0 Å². The number of rotatable bonds is 18. The molecule has 0 saturated carbocycles. The van der Waals surface area contributed by atoms with Gasteiger partial charge in [-0.2, -0.15) is 0 Å². The maximum absolute atomic E-state index is 11.8. The third-order valence-corrected chi connectivity index (χ3v) is 5.37. The highest BCUT2D eigenvalue weighted by Crippen LogP contribution is 2.21. The summed E-state index contributed by atoms with van der Waals surface area (Å²) in [5.74, 6) is 0.622. The van der Waals surface area contributed by atoms with Crippen molar-refractivity contribution in [3.05, 3.63) is 0 Å². The third-order valence-electron chi connectivity index (χ3n) is 5.37. The van der Waals surface area contributed by atoms with E-state index in [-0.39, 0.29) is 25.8 Å². The van der Waals surface area contributed by atoms with Gasteiger partial charge >= 0.3 is 5.97 Å². The quantitative estimate of drug-likeness (QED) is 0.255. The van der Waals surface area contributed by atoms with Crippen LogP contribution in [-0.4, -0.2) is 36.0 Å². The Labute approximate surface area is 161 Å². The van der Waals surface area contributed by atoms with Gasteiger partial charge in [0.05, 0.1) is 18.6 Å². The number of esters is 1. The summed E-state index contributed by atoms with van der Waals surface area (Å²) in [6.45, 7) is 6.25. The molecule has 0 amide bonds. The number of carbonyl (C=O) groups excluding carboxylic acids is 1. The summed E-state index contributed by atoms with van der Waals surface area (Å²) in [4.78, 5) is 11.8. The van der Waals surface area contributed by atoms with Crippen LogP contribution >= 0.6 is 0 Å². The van der Waals surface area contributed by atoms with Crippen molar-refractivity contribution in [1.82, 2.24) is 0 Å². The van der Waals surface area contributed by atoms with Gasteiger partial charge in [0, 0.05) is 6.42 Å². The van der Waals surface area contributed by atoms with E-state index in [0.717, 1.165) is 18.8 Å². The van der Waals surface area contributed by atoms with E-state index < -0.39 is 5.41 Å². The van der Waals surface area contributed by atoms with Crippen molar-refractivity contribution in [2.24, 2.45) is 11.3 Å². The van der Waals surface area contributed by atoms with Crippen LogP contribution in [0, 0.1) is 11.3 Å². The molecule has 4 nitrogen and oxygen atoms in total. The molecule has 0 aromatic carbocycles. The molecule has 0 aliphatic rings. The molecular weight excluding hydrogens is 328 g/mol. The highest BCUT2D eigenvalue weighted by atomic mass is 16.5. The van der Waals surface area contributed by atoms with Gasteiger partial charge in [-0.25, -0.2) is 0 Å². The molecule has 0 aliphatic carbocycles. The van der Waals surface area contributed by atoms with Gasteiger partial charge in [-0.3, -0.25) is 4.79 Å². The summed E-state index contributed by atoms with van der Waals surface area (Å²) in [6.07, 6.45) is 14.9. The maximum Gasteiger partial charge on any atom is 0.305 e. The fraction of sp³-hybridized carbons (Fsp3) is 0.955. The van der Waals surface area contributed by atoms with Crippen LogP contribution in [0.3, 0.4) is 0 Å². The summed E-state index contributed by atoms with van der Waals surface area (Å²) in [5.41, 5.74) is -0.690. The normalized spacial score (nSPS) is 11.9. The van der Waals surface area contributed by atoms with Crippen molar-refractivity contribution in [2.75, 3.05) is 19.8 Å². The monoisotopic (exact) mass is 372 g/mol. The summed E-state index contributed by atoms with van der Waals surface area (Å²) in [6, 6.07) is 0. The van der Waals surface area contributed by atoms with Crippen molar-refractivity contribution in [3.63, 3.8) is 0 Å². The van der Waals surface area contributed by atoms with Crippen LogP contribution in [0.15, 0.2) is 0 Å². The molecule has 0 heterocycles. The minimum Gasteiger partial charge on any atom is -0.465 e. The molecule has 4 heteroatoms. The second-order valence-electron chi connectivity index (χ2n) is 8.30. The van der Waals surface area contributed by atoms with Crippen molar-refractivity contribution < 1.29 is 19.7 Å². The first-order valence-corrected chi connectivity index (χ1v) is 10.9. The lowest BCUT2D eigenvalue weighted by Gasteiger charge is -2.27. The molecule has 0 fully saturated rings. The van der Waals surface area contributed by atoms with Gasteiger partial charge in [-0.15, -0.1) is 0 Å². The van der Waals surface area contributed by atoms with E-state index in [9.17, 15) is 15.0 Å². The number of unbranched alkanes of at least 4 members (excludes halogenated alkanes) is 9. The Bertz CT molecular complexity index is 316. The maximum atomic E-state index is 11.8. The molecule has 0 atom stereocenters. The Morgan fingerprint density at radius 3 is 1.73 bits per heavy atom. The number of ether oxygens (including phenoxy) is 1. The van der Waals surface area contributed by atoms with Crippen molar-refractivity contribution in [2.45, 2.75) is 104 Å². The van der Waals surface area contributed by atoms with E-state index >= 15 is 0 Å². The molecule has 26 heavy (non-hydrogen) atoms. The van der Waals surface area contributed by atoms with Gasteiger partial charge in [-0.05, 0) is 18.8 Å². The lowest BCUT2D eigenvalue weighted by atomic mass is 9.88. The van der Waals surface area contributed by atoms with Crippen LogP contribution in [0.5, 0.6) is 0 Å². The van der Waals surface area contributed by atoms with Crippen LogP contribution in [0.2, 0.25) is 0 Å². The smallest absolute Gasteiger partial charge is 0.305 e. The van der Waals surface area contributed by atoms with Crippen molar-refractivity contribution >= 4 is 5.97 Å². The van der Waals surface area contributed by atoms with E-state index in [1.165, 1.54) is 57.8 Å². The van der Waals surface area contributed by atoms with E-state index in [1.807, 2.05) is 6.92 Å². The minimum absolute atomic E-state index is 0.104. The average Bonchev–Trinajstić information content (AvgIpc) is 2.64. The first kappa shape index (κ1) is 25.4. The fourth-order valence-corrected chi connectivity index (χ4v) is 3.01. The highest BCUT2D eigenvalue weighted by molar-refractivity contribution is 5.69. The zero-order chi connectivity index (χ0) is 19.7. The predicted molar refractivity (Wildman–Crippen MR) is 108 cm³/mol. The van der Waals surface area contributed by atoms with Crippen LogP contribution in [0.25, 0.3) is 0 Å².